The summed E-state index contributed by atoms with van der Waals surface area (Å²) in [6.45, 7) is 3.43. The molecule has 3 rings (SSSR count). The zero-order chi connectivity index (χ0) is 21.3. The molecule has 0 aliphatic carbocycles. The molecule has 0 unspecified atom stereocenters. The minimum absolute atomic E-state index is 0.0776. The van der Waals surface area contributed by atoms with Crippen molar-refractivity contribution in [1.82, 2.24) is 0 Å². The molecule has 1 fully saturated rings. The standard InChI is InChI=1S/C22H24N2O6/c1-2-10-30-23-20(15-29-19-8-3-5-16(12-19)13-21(25)26)17-6-4-7-18(14-17)24-9-11-28-22(24)27/h3-8,12,14H,2,9-11,13,15H2,1H3,(H,25,26)/b23-20+. The highest BCUT2D eigenvalue weighted by Gasteiger charge is 2.24. The number of cyclic esters (lactones) is 1. The van der Waals surface area contributed by atoms with Crippen LogP contribution in [-0.2, 0) is 20.8 Å². The third kappa shape index (κ3) is 5.73. The fourth-order valence-corrected chi connectivity index (χ4v) is 2.93. The molecule has 8 nitrogen and oxygen atoms in total. The van der Waals surface area contributed by atoms with Gasteiger partial charge in [-0.15, -0.1) is 0 Å². The van der Waals surface area contributed by atoms with Crippen molar-refractivity contribution in [1.29, 1.82) is 0 Å². The quantitative estimate of drug-likeness (QED) is 0.365. The summed E-state index contributed by atoms with van der Waals surface area (Å²) in [4.78, 5) is 29.7. The smallest absolute Gasteiger partial charge is 0.414 e. The number of hydrogen-bond acceptors (Lipinski definition) is 6. The maximum atomic E-state index is 11.9. The van der Waals surface area contributed by atoms with Gasteiger partial charge in [-0.1, -0.05) is 36.3 Å². The van der Waals surface area contributed by atoms with Crippen LogP contribution in [0.5, 0.6) is 5.75 Å². The molecule has 1 heterocycles. The lowest BCUT2D eigenvalue weighted by atomic mass is 10.1. The number of aliphatic carboxylic acids is 1. The van der Waals surface area contributed by atoms with E-state index in [0.29, 0.717) is 42.5 Å². The Morgan fingerprint density at radius 2 is 2.07 bits per heavy atom. The van der Waals surface area contributed by atoms with E-state index in [1.807, 2.05) is 31.2 Å². The van der Waals surface area contributed by atoms with Gasteiger partial charge in [-0.25, -0.2) is 4.79 Å². The minimum Gasteiger partial charge on any atom is -0.487 e. The van der Waals surface area contributed by atoms with Gasteiger partial charge in [0.05, 0.1) is 13.0 Å². The van der Waals surface area contributed by atoms with E-state index >= 15 is 0 Å². The number of nitrogens with zero attached hydrogens (tertiary/aromatic N) is 2. The molecule has 1 amide bonds. The van der Waals surface area contributed by atoms with Crippen LogP contribution < -0.4 is 9.64 Å². The minimum atomic E-state index is -0.903. The second kappa shape index (κ2) is 10.3. The van der Waals surface area contributed by atoms with Crippen LogP contribution in [0.3, 0.4) is 0 Å². The van der Waals surface area contributed by atoms with E-state index in [1.165, 1.54) is 0 Å². The summed E-state index contributed by atoms with van der Waals surface area (Å²) >= 11 is 0. The van der Waals surface area contributed by atoms with Crippen molar-refractivity contribution in [2.45, 2.75) is 19.8 Å². The van der Waals surface area contributed by atoms with E-state index in [0.717, 1.165) is 12.0 Å². The summed E-state index contributed by atoms with van der Waals surface area (Å²) in [5.41, 5.74) is 2.67. The molecule has 30 heavy (non-hydrogen) atoms. The third-order valence-electron chi connectivity index (χ3n) is 4.35. The molecule has 1 N–H and O–H groups in total. The molecular weight excluding hydrogens is 388 g/mol. The van der Waals surface area contributed by atoms with Crippen molar-refractivity contribution in [3.63, 3.8) is 0 Å². The maximum Gasteiger partial charge on any atom is 0.414 e. The van der Waals surface area contributed by atoms with Gasteiger partial charge in [0, 0.05) is 11.3 Å². The Balaban J connectivity index is 1.78. The topological polar surface area (TPSA) is 97.7 Å². The van der Waals surface area contributed by atoms with Gasteiger partial charge in [0.25, 0.3) is 0 Å². The highest BCUT2D eigenvalue weighted by atomic mass is 16.6. The number of carbonyl (C=O) groups is 2. The lowest BCUT2D eigenvalue weighted by Crippen LogP contribution is -2.23. The number of carboxylic acid groups (broad SMARTS) is 1. The zero-order valence-corrected chi connectivity index (χ0v) is 16.7. The number of oxime groups is 1. The van der Waals surface area contributed by atoms with Crippen LogP contribution in [0.4, 0.5) is 10.5 Å². The van der Waals surface area contributed by atoms with Gasteiger partial charge in [-0.2, -0.15) is 0 Å². The van der Waals surface area contributed by atoms with Crippen molar-refractivity contribution in [2.75, 3.05) is 31.3 Å². The molecule has 0 aromatic heterocycles. The van der Waals surface area contributed by atoms with Crippen molar-refractivity contribution >= 4 is 23.5 Å². The Morgan fingerprint density at radius 1 is 1.23 bits per heavy atom. The van der Waals surface area contributed by atoms with E-state index in [-0.39, 0.29) is 19.1 Å². The Bertz CT molecular complexity index is 927. The van der Waals surface area contributed by atoms with Crippen LogP contribution in [0.2, 0.25) is 0 Å². The second-order valence-electron chi connectivity index (χ2n) is 6.69. The van der Waals surface area contributed by atoms with Crippen molar-refractivity contribution in [3.05, 3.63) is 59.7 Å². The monoisotopic (exact) mass is 412 g/mol. The predicted molar refractivity (Wildman–Crippen MR) is 111 cm³/mol. The van der Waals surface area contributed by atoms with Gasteiger partial charge in [-0.05, 0) is 36.2 Å². The fraction of sp³-hybridized carbons (Fsp3) is 0.318. The molecule has 1 saturated heterocycles. The van der Waals surface area contributed by atoms with Gasteiger partial charge in [0.15, 0.2) is 0 Å². The van der Waals surface area contributed by atoms with Gasteiger partial charge >= 0.3 is 12.1 Å². The second-order valence-corrected chi connectivity index (χ2v) is 6.69. The number of carboxylic acids is 1. The zero-order valence-electron chi connectivity index (χ0n) is 16.7. The van der Waals surface area contributed by atoms with E-state index < -0.39 is 5.97 Å². The molecule has 2 aromatic rings. The highest BCUT2D eigenvalue weighted by Crippen LogP contribution is 2.21. The van der Waals surface area contributed by atoms with E-state index in [9.17, 15) is 9.59 Å². The highest BCUT2D eigenvalue weighted by molar-refractivity contribution is 6.03. The summed E-state index contributed by atoms with van der Waals surface area (Å²) in [5, 5.41) is 13.2. The SMILES string of the molecule is CCCO/N=C(\COc1cccc(CC(=O)O)c1)c1cccc(N2CCOC2=O)c1. The fourth-order valence-electron chi connectivity index (χ4n) is 2.93. The Hall–Kier alpha value is -3.55. The van der Waals surface area contributed by atoms with Crippen LogP contribution in [-0.4, -0.2) is 49.2 Å². The number of amides is 1. The molecule has 8 heteroatoms. The van der Waals surface area contributed by atoms with Gasteiger partial charge in [0.1, 0.15) is 31.3 Å². The normalized spacial score (nSPS) is 13.8. The van der Waals surface area contributed by atoms with Gasteiger partial charge < -0.3 is 19.4 Å². The van der Waals surface area contributed by atoms with Crippen LogP contribution in [0.15, 0.2) is 53.7 Å². The lowest BCUT2D eigenvalue weighted by molar-refractivity contribution is -0.136. The molecule has 1 aliphatic heterocycles. The number of ether oxygens (including phenoxy) is 2. The van der Waals surface area contributed by atoms with E-state index in [4.69, 9.17) is 19.4 Å². The Labute approximate surface area is 174 Å². The van der Waals surface area contributed by atoms with Crippen LogP contribution in [0.1, 0.15) is 24.5 Å². The first-order valence-corrected chi connectivity index (χ1v) is 9.74. The van der Waals surface area contributed by atoms with Crippen molar-refractivity contribution in [2.24, 2.45) is 5.16 Å². The molecule has 2 aromatic carbocycles. The third-order valence-corrected chi connectivity index (χ3v) is 4.35. The summed E-state index contributed by atoms with van der Waals surface area (Å²) in [7, 11) is 0. The Morgan fingerprint density at radius 3 is 2.80 bits per heavy atom. The number of carbonyl (C=O) groups excluding carboxylic acids is 1. The predicted octanol–water partition coefficient (Wildman–Crippen LogP) is 3.48. The largest absolute Gasteiger partial charge is 0.487 e. The summed E-state index contributed by atoms with van der Waals surface area (Å²) in [6.07, 6.45) is 0.361. The lowest BCUT2D eigenvalue weighted by Gasteiger charge is -2.15. The first kappa shape index (κ1) is 21.2. The van der Waals surface area contributed by atoms with E-state index in [1.54, 1.807) is 29.2 Å². The molecule has 0 spiro atoms. The molecular formula is C22H24N2O6. The summed E-state index contributed by atoms with van der Waals surface area (Å²) < 4.78 is 10.9. The van der Waals surface area contributed by atoms with Crippen molar-refractivity contribution in [3.8, 4) is 5.75 Å². The molecule has 0 bridgehead atoms. The number of benzene rings is 2. The first-order valence-electron chi connectivity index (χ1n) is 9.74. The average molecular weight is 412 g/mol. The van der Waals surface area contributed by atoms with Crippen molar-refractivity contribution < 1.29 is 29.0 Å². The van der Waals surface area contributed by atoms with Crippen LogP contribution in [0, 0.1) is 0 Å². The molecule has 0 atom stereocenters. The number of rotatable bonds is 10. The molecule has 158 valence electrons. The number of anilines is 1. The molecule has 1 aliphatic rings. The number of hydrogen-bond donors (Lipinski definition) is 1. The summed E-state index contributed by atoms with van der Waals surface area (Å²) in [5.74, 6) is -0.365. The first-order chi connectivity index (χ1) is 14.6. The molecule has 0 saturated carbocycles. The molecule has 0 radical (unpaired) electrons. The van der Waals surface area contributed by atoms with Gasteiger partial charge in [-0.3, -0.25) is 9.69 Å². The van der Waals surface area contributed by atoms with E-state index in [2.05, 4.69) is 5.16 Å². The maximum absolute atomic E-state index is 11.9. The Kier molecular flexibility index (Phi) is 7.26. The van der Waals surface area contributed by atoms with Gasteiger partial charge in [0.2, 0.25) is 0 Å². The van der Waals surface area contributed by atoms with Crippen LogP contribution in [0.25, 0.3) is 0 Å². The average Bonchev–Trinajstić information content (AvgIpc) is 3.16. The van der Waals surface area contributed by atoms with Crippen LogP contribution >= 0.6 is 0 Å². The summed E-state index contributed by atoms with van der Waals surface area (Å²) in [6, 6.07) is 14.3.